The SMILES string of the molecule is Cc1c(C(=O)N2c3ccc(F)cc3CCC2C)oc2c1/C(=N/NC(=O)c1ccc(F)cc1)CCC2. The van der Waals surface area contributed by atoms with E-state index in [1.54, 1.807) is 11.0 Å². The Morgan fingerprint density at radius 1 is 1.06 bits per heavy atom. The summed E-state index contributed by atoms with van der Waals surface area (Å²) in [5, 5.41) is 4.33. The highest BCUT2D eigenvalue weighted by Gasteiger charge is 2.35. The number of hydrazone groups is 1. The van der Waals surface area contributed by atoms with Crippen molar-refractivity contribution in [2.24, 2.45) is 5.10 Å². The van der Waals surface area contributed by atoms with Crippen molar-refractivity contribution in [2.75, 3.05) is 4.90 Å². The fourth-order valence-electron chi connectivity index (χ4n) is 4.91. The van der Waals surface area contributed by atoms with Crippen molar-refractivity contribution in [3.63, 3.8) is 0 Å². The van der Waals surface area contributed by atoms with Gasteiger partial charge in [0.05, 0.1) is 5.71 Å². The van der Waals surface area contributed by atoms with Gasteiger partial charge in [-0.05, 0) is 87.6 Å². The average Bonchev–Trinajstić information content (AvgIpc) is 3.19. The predicted octanol–water partition coefficient (Wildman–Crippen LogP) is 5.32. The molecule has 0 bridgehead atoms. The first kappa shape index (κ1) is 23.0. The van der Waals surface area contributed by atoms with Gasteiger partial charge in [0.25, 0.3) is 11.8 Å². The molecule has 0 radical (unpaired) electrons. The molecule has 180 valence electrons. The lowest BCUT2D eigenvalue weighted by atomic mass is 9.92. The minimum Gasteiger partial charge on any atom is -0.455 e. The van der Waals surface area contributed by atoms with Crippen molar-refractivity contribution in [3.8, 4) is 0 Å². The number of halogens is 2. The first-order valence-corrected chi connectivity index (χ1v) is 11.7. The van der Waals surface area contributed by atoms with Crippen LogP contribution in [0, 0.1) is 18.6 Å². The van der Waals surface area contributed by atoms with Gasteiger partial charge in [-0.1, -0.05) is 0 Å². The van der Waals surface area contributed by atoms with Gasteiger partial charge >= 0.3 is 0 Å². The van der Waals surface area contributed by atoms with E-state index in [0.29, 0.717) is 47.5 Å². The normalized spacial score (nSPS) is 18.2. The van der Waals surface area contributed by atoms with E-state index < -0.39 is 11.7 Å². The summed E-state index contributed by atoms with van der Waals surface area (Å²) in [6.45, 7) is 3.79. The average molecular weight is 478 g/mol. The number of nitrogens with zero attached hydrogens (tertiary/aromatic N) is 2. The summed E-state index contributed by atoms with van der Waals surface area (Å²) in [7, 11) is 0. The number of rotatable bonds is 3. The van der Waals surface area contributed by atoms with Crippen LogP contribution in [0.25, 0.3) is 0 Å². The Kier molecular flexibility index (Phi) is 5.96. The van der Waals surface area contributed by atoms with E-state index in [0.717, 1.165) is 24.0 Å². The van der Waals surface area contributed by atoms with Crippen LogP contribution in [0.15, 0.2) is 52.0 Å². The van der Waals surface area contributed by atoms with E-state index in [9.17, 15) is 18.4 Å². The van der Waals surface area contributed by atoms with Crippen molar-refractivity contribution < 1.29 is 22.8 Å². The summed E-state index contributed by atoms with van der Waals surface area (Å²) in [5.41, 5.74) is 6.37. The summed E-state index contributed by atoms with van der Waals surface area (Å²) in [4.78, 5) is 27.8. The highest BCUT2D eigenvalue weighted by atomic mass is 19.1. The molecule has 2 amide bonds. The molecule has 1 aliphatic heterocycles. The van der Waals surface area contributed by atoms with Crippen LogP contribution in [0.1, 0.15) is 69.5 Å². The molecule has 2 aromatic carbocycles. The Hall–Kier alpha value is -3.81. The summed E-state index contributed by atoms with van der Waals surface area (Å²) in [6, 6.07) is 9.64. The molecule has 5 rings (SSSR count). The van der Waals surface area contributed by atoms with Gasteiger partial charge in [0, 0.05) is 34.8 Å². The van der Waals surface area contributed by atoms with Gasteiger partial charge in [0.2, 0.25) is 0 Å². The molecule has 6 nitrogen and oxygen atoms in total. The minimum atomic E-state index is -0.451. The van der Waals surface area contributed by atoms with Crippen LogP contribution < -0.4 is 10.3 Å². The topological polar surface area (TPSA) is 74.9 Å². The molecule has 0 fully saturated rings. The number of benzene rings is 2. The second-order valence-corrected chi connectivity index (χ2v) is 9.05. The molecule has 0 saturated heterocycles. The van der Waals surface area contributed by atoms with Gasteiger partial charge in [0.15, 0.2) is 5.76 Å². The molecule has 0 spiro atoms. The zero-order valence-corrected chi connectivity index (χ0v) is 19.5. The molecule has 1 aliphatic carbocycles. The zero-order chi connectivity index (χ0) is 24.7. The number of fused-ring (bicyclic) bond motifs is 2. The number of anilines is 1. The van der Waals surface area contributed by atoms with E-state index in [2.05, 4.69) is 10.5 Å². The summed E-state index contributed by atoms with van der Waals surface area (Å²) < 4.78 is 33.0. The van der Waals surface area contributed by atoms with E-state index >= 15 is 0 Å². The molecule has 1 N–H and O–H groups in total. The lowest BCUT2D eigenvalue weighted by Crippen LogP contribution is -2.42. The molecular formula is C27H25F2N3O3. The van der Waals surface area contributed by atoms with Gasteiger partial charge in [-0.3, -0.25) is 9.59 Å². The first-order chi connectivity index (χ1) is 16.8. The second kappa shape index (κ2) is 9.09. The smallest absolute Gasteiger partial charge is 0.294 e. The Balaban J connectivity index is 1.45. The highest BCUT2D eigenvalue weighted by molar-refractivity contribution is 6.11. The third kappa shape index (κ3) is 4.24. The molecule has 1 unspecified atom stereocenters. The van der Waals surface area contributed by atoms with Crippen molar-refractivity contribution in [2.45, 2.75) is 52.0 Å². The molecule has 3 aromatic rings. The predicted molar refractivity (Wildman–Crippen MR) is 128 cm³/mol. The van der Waals surface area contributed by atoms with E-state index in [-0.39, 0.29) is 23.5 Å². The number of hydrogen-bond donors (Lipinski definition) is 1. The van der Waals surface area contributed by atoms with Crippen LogP contribution in [0.4, 0.5) is 14.5 Å². The van der Waals surface area contributed by atoms with Gasteiger partial charge < -0.3 is 9.32 Å². The number of furan rings is 1. The zero-order valence-electron chi connectivity index (χ0n) is 19.5. The third-order valence-corrected chi connectivity index (χ3v) is 6.71. The lowest BCUT2D eigenvalue weighted by molar-refractivity contribution is 0.0941. The Labute approximate surface area is 201 Å². The standard InChI is InChI=1S/C27H25F2N3O3/c1-15-6-7-18-14-20(29)12-13-22(18)32(15)27(34)25-16(2)24-21(4-3-5-23(24)35-25)30-31-26(33)17-8-10-19(28)11-9-17/h8-15H,3-7H2,1-2H3,(H,31,33)/b30-21+. The van der Waals surface area contributed by atoms with Crippen molar-refractivity contribution >= 4 is 23.2 Å². The Morgan fingerprint density at radius 3 is 2.57 bits per heavy atom. The molecule has 2 aliphatic rings. The fourth-order valence-corrected chi connectivity index (χ4v) is 4.91. The quantitative estimate of drug-likeness (QED) is 0.519. The van der Waals surface area contributed by atoms with E-state index in [1.807, 2.05) is 13.8 Å². The molecule has 8 heteroatoms. The van der Waals surface area contributed by atoms with E-state index in [4.69, 9.17) is 4.42 Å². The van der Waals surface area contributed by atoms with E-state index in [1.165, 1.54) is 36.4 Å². The van der Waals surface area contributed by atoms with Crippen molar-refractivity contribution in [1.82, 2.24) is 5.43 Å². The van der Waals surface area contributed by atoms with Gasteiger partial charge in [-0.2, -0.15) is 5.10 Å². The van der Waals surface area contributed by atoms with Crippen molar-refractivity contribution in [3.05, 3.63) is 87.9 Å². The molecule has 2 heterocycles. The number of carbonyl (C=O) groups is 2. The van der Waals surface area contributed by atoms with Crippen molar-refractivity contribution in [1.29, 1.82) is 0 Å². The van der Waals surface area contributed by atoms with Gasteiger partial charge in [-0.25, -0.2) is 14.2 Å². The summed E-state index contributed by atoms with van der Waals surface area (Å²) >= 11 is 0. The maximum Gasteiger partial charge on any atom is 0.294 e. The second-order valence-electron chi connectivity index (χ2n) is 9.05. The van der Waals surface area contributed by atoms with Crippen LogP contribution in [0.5, 0.6) is 0 Å². The van der Waals surface area contributed by atoms with Crippen LogP contribution in [0.2, 0.25) is 0 Å². The first-order valence-electron chi connectivity index (χ1n) is 11.7. The lowest BCUT2D eigenvalue weighted by Gasteiger charge is -2.34. The molecule has 1 aromatic heterocycles. The maximum atomic E-state index is 13.8. The Bertz CT molecular complexity index is 1340. The monoisotopic (exact) mass is 477 g/mol. The van der Waals surface area contributed by atoms with Crippen LogP contribution in [-0.4, -0.2) is 23.6 Å². The van der Waals surface area contributed by atoms with Crippen LogP contribution >= 0.6 is 0 Å². The molecule has 35 heavy (non-hydrogen) atoms. The summed E-state index contributed by atoms with van der Waals surface area (Å²) in [5.74, 6) is -0.570. The Morgan fingerprint density at radius 2 is 1.80 bits per heavy atom. The molecule has 1 atom stereocenters. The number of aryl methyl sites for hydroxylation is 2. The third-order valence-electron chi connectivity index (χ3n) is 6.71. The van der Waals surface area contributed by atoms with Crippen LogP contribution in [0.3, 0.4) is 0 Å². The maximum absolute atomic E-state index is 13.8. The number of amides is 2. The van der Waals surface area contributed by atoms with Gasteiger partial charge in [0.1, 0.15) is 17.4 Å². The fraction of sp³-hybridized carbons (Fsp3) is 0.296. The number of carbonyl (C=O) groups excluding carboxylic acids is 2. The molecule has 0 saturated carbocycles. The highest BCUT2D eigenvalue weighted by Crippen LogP contribution is 2.36. The van der Waals surface area contributed by atoms with Gasteiger partial charge in [-0.15, -0.1) is 0 Å². The van der Waals surface area contributed by atoms with Crippen LogP contribution in [-0.2, 0) is 12.8 Å². The number of hydrogen-bond acceptors (Lipinski definition) is 4. The minimum absolute atomic E-state index is 0.0647. The number of nitrogens with one attached hydrogen (secondary N) is 1. The molecular weight excluding hydrogens is 452 g/mol. The summed E-state index contributed by atoms with van der Waals surface area (Å²) in [6.07, 6.45) is 3.47. The largest absolute Gasteiger partial charge is 0.455 e.